The molecule has 0 aromatic heterocycles. The second-order valence-electron chi connectivity index (χ2n) is 7.87. The van der Waals surface area contributed by atoms with E-state index in [-0.39, 0.29) is 17.4 Å². The number of nitrogens with zero attached hydrogens (tertiary/aromatic N) is 1. The lowest BCUT2D eigenvalue weighted by Gasteiger charge is -2.28. The van der Waals surface area contributed by atoms with Crippen molar-refractivity contribution in [2.24, 2.45) is 17.8 Å². The number of carbonyl (C=O) groups is 3. The van der Waals surface area contributed by atoms with Gasteiger partial charge in [-0.25, -0.2) is 9.59 Å². The summed E-state index contributed by atoms with van der Waals surface area (Å²) in [6.07, 6.45) is 4.77. The van der Waals surface area contributed by atoms with Crippen LogP contribution in [0.25, 0.3) is 0 Å². The Kier molecular flexibility index (Phi) is 6.53. The van der Waals surface area contributed by atoms with E-state index >= 15 is 0 Å². The fraction of sp³-hybridized carbons (Fsp3) is 0.550. The van der Waals surface area contributed by atoms with Gasteiger partial charge in [-0.3, -0.25) is 20.2 Å². The Morgan fingerprint density at radius 3 is 2.63 bits per heavy atom. The molecule has 3 amide bonds. The van der Waals surface area contributed by atoms with Crippen LogP contribution in [0.4, 0.5) is 10.5 Å². The van der Waals surface area contributed by atoms with E-state index in [0.29, 0.717) is 11.8 Å². The number of ether oxygens (including phenoxy) is 2. The lowest BCUT2D eigenvalue weighted by molar-refractivity contribution is -0.385. The number of hydrogen-bond donors (Lipinski definition) is 2. The molecule has 10 heteroatoms. The lowest BCUT2D eigenvalue weighted by Crippen LogP contribution is -2.48. The maximum Gasteiger partial charge on any atom is 0.337 e. The van der Waals surface area contributed by atoms with Crippen LogP contribution < -0.4 is 15.4 Å². The lowest BCUT2D eigenvalue weighted by atomic mass is 9.84. The number of urea groups is 1. The van der Waals surface area contributed by atoms with Crippen molar-refractivity contribution in [3.63, 3.8) is 0 Å². The van der Waals surface area contributed by atoms with E-state index in [9.17, 15) is 24.5 Å². The number of methoxy groups -OCH3 is 1. The Labute approximate surface area is 173 Å². The van der Waals surface area contributed by atoms with Crippen LogP contribution in [0.3, 0.4) is 0 Å². The molecule has 3 rings (SSSR count). The predicted octanol–water partition coefficient (Wildman–Crippen LogP) is 2.41. The molecule has 10 nitrogen and oxygen atoms in total. The highest BCUT2D eigenvalue weighted by Crippen LogP contribution is 2.49. The summed E-state index contributed by atoms with van der Waals surface area (Å²) < 4.78 is 9.77. The summed E-state index contributed by atoms with van der Waals surface area (Å²) >= 11 is 0. The van der Waals surface area contributed by atoms with E-state index in [1.807, 2.05) is 6.92 Å². The average molecular weight is 419 g/mol. The predicted molar refractivity (Wildman–Crippen MR) is 105 cm³/mol. The van der Waals surface area contributed by atoms with Crippen LogP contribution in [0.2, 0.25) is 0 Å². The molecule has 30 heavy (non-hydrogen) atoms. The molecule has 0 spiro atoms. The quantitative estimate of drug-likeness (QED) is 0.393. The van der Waals surface area contributed by atoms with Crippen molar-refractivity contribution in [1.82, 2.24) is 10.6 Å². The first-order valence-corrected chi connectivity index (χ1v) is 9.88. The number of imide groups is 1. The molecule has 0 aliphatic heterocycles. The summed E-state index contributed by atoms with van der Waals surface area (Å²) in [5.74, 6) is 0.0721. The summed E-state index contributed by atoms with van der Waals surface area (Å²) in [6.45, 7) is 1.31. The van der Waals surface area contributed by atoms with Gasteiger partial charge in [-0.15, -0.1) is 0 Å². The molecule has 1 aromatic carbocycles. The molecule has 4 atom stereocenters. The molecule has 2 N–H and O–H groups in total. The smallest absolute Gasteiger partial charge is 0.337 e. The number of hydrogen-bond acceptors (Lipinski definition) is 7. The number of amides is 3. The van der Waals surface area contributed by atoms with Gasteiger partial charge in [0.25, 0.3) is 5.91 Å². The van der Waals surface area contributed by atoms with Gasteiger partial charge in [0.2, 0.25) is 0 Å². The molecule has 162 valence electrons. The van der Waals surface area contributed by atoms with Gasteiger partial charge in [0.1, 0.15) is 0 Å². The zero-order chi connectivity index (χ0) is 21.8. The second kappa shape index (κ2) is 9.10. The van der Waals surface area contributed by atoms with Crippen molar-refractivity contribution in [1.29, 1.82) is 0 Å². The third-order valence-corrected chi connectivity index (χ3v) is 5.98. The van der Waals surface area contributed by atoms with E-state index in [1.54, 1.807) is 0 Å². The number of esters is 1. The number of nitrogens with one attached hydrogen (secondary N) is 2. The fourth-order valence-electron chi connectivity index (χ4n) is 4.59. The Morgan fingerprint density at radius 1 is 1.27 bits per heavy atom. The molecule has 2 aliphatic rings. The van der Waals surface area contributed by atoms with Crippen molar-refractivity contribution in [3.05, 3.63) is 33.9 Å². The van der Waals surface area contributed by atoms with Crippen molar-refractivity contribution in [2.75, 3.05) is 13.7 Å². The molecule has 1 aromatic rings. The molecule has 4 unspecified atom stereocenters. The minimum absolute atomic E-state index is 0.0379. The van der Waals surface area contributed by atoms with Gasteiger partial charge in [-0.2, -0.15) is 0 Å². The fourth-order valence-corrected chi connectivity index (χ4v) is 4.59. The molecule has 0 radical (unpaired) electrons. The minimum Gasteiger partial charge on any atom is -0.477 e. The van der Waals surface area contributed by atoms with Gasteiger partial charge in [-0.1, -0.05) is 6.42 Å². The van der Waals surface area contributed by atoms with E-state index in [2.05, 4.69) is 15.4 Å². The topological polar surface area (TPSA) is 137 Å². The third kappa shape index (κ3) is 4.87. The van der Waals surface area contributed by atoms with Crippen LogP contribution in [0.1, 0.15) is 43.0 Å². The Balaban J connectivity index is 1.53. The molecule has 0 saturated heterocycles. The molecule has 2 aliphatic carbocycles. The Hall–Kier alpha value is -3.17. The number of nitro benzene ring substituents is 1. The molecular weight excluding hydrogens is 394 g/mol. The SMILES string of the molecule is COC(=O)c1ccc([N+](=O)[O-])c(OCC(=O)NC(=O)NC(C)C2CC3CCC2C3)c1. The van der Waals surface area contributed by atoms with Crippen LogP contribution in [-0.2, 0) is 9.53 Å². The van der Waals surface area contributed by atoms with Gasteiger partial charge in [-0.05, 0) is 50.0 Å². The molecule has 2 bridgehead atoms. The molecule has 2 fully saturated rings. The summed E-state index contributed by atoms with van der Waals surface area (Å²) in [4.78, 5) is 46.2. The van der Waals surface area contributed by atoms with E-state index in [0.717, 1.165) is 24.5 Å². The Morgan fingerprint density at radius 2 is 2.03 bits per heavy atom. The number of carbonyl (C=O) groups excluding carboxylic acids is 3. The number of benzene rings is 1. The highest BCUT2D eigenvalue weighted by Gasteiger charge is 2.42. The van der Waals surface area contributed by atoms with Gasteiger partial charge >= 0.3 is 17.7 Å². The monoisotopic (exact) mass is 419 g/mol. The van der Waals surface area contributed by atoms with Crippen molar-refractivity contribution >= 4 is 23.6 Å². The van der Waals surface area contributed by atoms with Crippen LogP contribution in [0.5, 0.6) is 5.75 Å². The van der Waals surface area contributed by atoms with Crippen LogP contribution in [0, 0.1) is 27.9 Å². The first kappa shape index (κ1) is 21.5. The third-order valence-electron chi connectivity index (χ3n) is 5.98. The van der Waals surface area contributed by atoms with Crippen molar-refractivity contribution in [2.45, 2.75) is 38.6 Å². The van der Waals surface area contributed by atoms with Crippen molar-refractivity contribution in [3.8, 4) is 5.75 Å². The van der Waals surface area contributed by atoms with Crippen LogP contribution in [-0.4, -0.2) is 42.6 Å². The molecular formula is C20H25N3O7. The maximum absolute atomic E-state index is 12.1. The van der Waals surface area contributed by atoms with E-state index in [4.69, 9.17) is 4.74 Å². The minimum atomic E-state index is -0.759. The first-order valence-electron chi connectivity index (χ1n) is 9.88. The largest absolute Gasteiger partial charge is 0.477 e. The summed E-state index contributed by atoms with van der Waals surface area (Å²) in [7, 11) is 1.17. The van der Waals surface area contributed by atoms with Crippen LogP contribution >= 0.6 is 0 Å². The maximum atomic E-state index is 12.1. The van der Waals surface area contributed by atoms with Crippen LogP contribution in [0.15, 0.2) is 18.2 Å². The highest BCUT2D eigenvalue weighted by molar-refractivity contribution is 5.95. The van der Waals surface area contributed by atoms with E-state index in [1.165, 1.54) is 32.4 Å². The number of nitro groups is 1. The van der Waals surface area contributed by atoms with Crippen molar-refractivity contribution < 1.29 is 28.8 Å². The molecule has 0 heterocycles. The summed E-state index contributed by atoms with van der Waals surface area (Å²) in [5, 5.41) is 16.1. The second-order valence-corrected chi connectivity index (χ2v) is 7.87. The zero-order valence-electron chi connectivity index (χ0n) is 16.9. The zero-order valence-corrected chi connectivity index (χ0v) is 16.9. The van der Waals surface area contributed by atoms with Gasteiger partial charge < -0.3 is 14.8 Å². The standard InChI is InChI=1S/C20H25N3O7/c1-11(15-8-12-3-4-13(15)7-12)21-20(26)22-18(24)10-30-17-9-14(19(25)29-2)5-6-16(17)23(27)28/h5-6,9,11-13,15H,3-4,7-8,10H2,1-2H3,(H2,21,22,24,26). The van der Waals surface area contributed by atoms with Gasteiger partial charge in [0, 0.05) is 18.2 Å². The highest BCUT2D eigenvalue weighted by atomic mass is 16.6. The average Bonchev–Trinajstić information content (AvgIpc) is 3.34. The van der Waals surface area contributed by atoms with E-state index < -0.39 is 35.1 Å². The Bertz CT molecular complexity index is 857. The molecule has 2 saturated carbocycles. The number of fused-ring (bicyclic) bond motifs is 2. The summed E-state index contributed by atoms with van der Waals surface area (Å²) in [6, 6.07) is 2.75. The number of rotatable bonds is 7. The van der Waals surface area contributed by atoms with Gasteiger partial charge in [0.05, 0.1) is 17.6 Å². The first-order chi connectivity index (χ1) is 14.3. The summed E-state index contributed by atoms with van der Waals surface area (Å²) in [5.41, 5.74) is -0.374. The van der Waals surface area contributed by atoms with Gasteiger partial charge in [0.15, 0.2) is 12.4 Å². The normalized spacial score (nSPS) is 22.8.